The van der Waals surface area contributed by atoms with Crippen molar-refractivity contribution >= 4 is 0 Å². The molecule has 2 aliphatic heterocycles. The topological polar surface area (TPSA) is 6.48 Å². The van der Waals surface area contributed by atoms with Gasteiger partial charge >= 0.3 is 0 Å². The number of hydrogen-bond donors (Lipinski definition) is 0. The van der Waals surface area contributed by atoms with E-state index in [1.165, 1.54) is 51.9 Å². The zero-order valence-corrected chi connectivity index (χ0v) is 12.6. The fraction of sp³-hybridized carbons (Fsp3) is 1.00. The number of likely N-dealkylation sites (tertiary alicyclic amines) is 2. The lowest BCUT2D eigenvalue weighted by Crippen LogP contribution is -2.49. The molecular formula is C15H32N2. The molecule has 1 spiro atoms. The highest BCUT2D eigenvalue weighted by molar-refractivity contribution is 4.91. The van der Waals surface area contributed by atoms with Crippen LogP contribution in [0.2, 0.25) is 0 Å². The molecule has 2 fully saturated rings. The van der Waals surface area contributed by atoms with Crippen LogP contribution in [0.4, 0.5) is 0 Å². The molecule has 0 aromatic carbocycles. The number of hydrogen-bond acceptors (Lipinski definition) is 2. The summed E-state index contributed by atoms with van der Waals surface area (Å²) in [6.07, 6.45) is 5.74. The molecule has 2 heteroatoms. The van der Waals surface area contributed by atoms with Gasteiger partial charge in [-0.1, -0.05) is 13.8 Å². The van der Waals surface area contributed by atoms with Gasteiger partial charge in [0.05, 0.1) is 0 Å². The number of nitrogens with zero attached hydrogens (tertiary/aromatic N) is 2. The van der Waals surface area contributed by atoms with Crippen LogP contribution in [0.3, 0.4) is 0 Å². The fourth-order valence-corrected chi connectivity index (χ4v) is 3.38. The van der Waals surface area contributed by atoms with Crippen LogP contribution in [0.1, 0.15) is 53.4 Å². The summed E-state index contributed by atoms with van der Waals surface area (Å²) in [5.41, 5.74) is 0.679. The van der Waals surface area contributed by atoms with Crippen LogP contribution < -0.4 is 0 Å². The summed E-state index contributed by atoms with van der Waals surface area (Å²) in [5.74, 6) is 0. The largest absolute Gasteiger partial charge is 0.306 e. The first kappa shape index (κ1) is 15.0. The van der Waals surface area contributed by atoms with Gasteiger partial charge < -0.3 is 9.80 Å². The monoisotopic (exact) mass is 240 g/mol. The standard InChI is InChI=1S/C13H26N2.C2H6/c1-12(2)15-9-6-13(7-10-15)5-4-8-14(3)11-13;1-2/h12H,4-11H2,1-3H3;1-2H3. The van der Waals surface area contributed by atoms with Gasteiger partial charge in [-0.15, -0.1) is 0 Å². The van der Waals surface area contributed by atoms with Crippen LogP contribution in [-0.4, -0.2) is 49.1 Å². The Kier molecular flexibility index (Phi) is 5.94. The Morgan fingerprint density at radius 3 is 2.00 bits per heavy atom. The molecule has 0 N–H and O–H groups in total. The highest BCUT2D eigenvalue weighted by Gasteiger charge is 2.37. The van der Waals surface area contributed by atoms with Gasteiger partial charge in [0.25, 0.3) is 0 Å². The van der Waals surface area contributed by atoms with E-state index in [1.54, 1.807) is 0 Å². The van der Waals surface area contributed by atoms with E-state index in [4.69, 9.17) is 0 Å². The second kappa shape index (κ2) is 6.75. The van der Waals surface area contributed by atoms with Crippen molar-refractivity contribution in [3.8, 4) is 0 Å². The van der Waals surface area contributed by atoms with E-state index in [9.17, 15) is 0 Å². The van der Waals surface area contributed by atoms with E-state index >= 15 is 0 Å². The minimum atomic E-state index is 0.679. The van der Waals surface area contributed by atoms with Crippen molar-refractivity contribution in [2.75, 3.05) is 33.2 Å². The Hall–Kier alpha value is -0.0800. The van der Waals surface area contributed by atoms with Gasteiger partial charge in [-0.3, -0.25) is 0 Å². The van der Waals surface area contributed by atoms with Gasteiger partial charge in [0.2, 0.25) is 0 Å². The lowest BCUT2D eigenvalue weighted by atomic mass is 9.72. The Balaban J connectivity index is 0.000000686. The summed E-state index contributed by atoms with van der Waals surface area (Å²) in [7, 11) is 2.29. The molecule has 0 unspecified atom stereocenters. The molecule has 0 atom stereocenters. The van der Waals surface area contributed by atoms with Gasteiger partial charge in [0, 0.05) is 12.6 Å². The molecule has 2 heterocycles. The Labute approximate surface area is 108 Å². The number of piperidine rings is 2. The molecule has 17 heavy (non-hydrogen) atoms. The van der Waals surface area contributed by atoms with Gasteiger partial charge in [-0.05, 0) is 71.6 Å². The molecule has 2 nitrogen and oxygen atoms in total. The van der Waals surface area contributed by atoms with Crippen LogP contribution in [0.25, 0.3) is 0 Å². The predicted octanol–water partition coefficient (Wildman–Crippen LogP) is 3.23. The van der Waals surface area contributed by atoms with Gasteiger partial charge in [0.15, 0.2) is 0 Å². The molecule has 102 valence electrons. The van der Waals surface area contributed by atoms with Crippen LogP contribution in [0, 0.1) is 5.41 Å². The summed E-state index contributed by atoms with van der Waals surface area (Å²) in [4.78, 5) is 5.17. The SMILES string of the molecule is CC.CC(C)N1CCC2(CCCN(C)C2)CC1. The van der Waals surface area contributed by atoms with Crippen molar-refractivity contribution in [1.29, 1.82) is 0 Å². The van der Waals surface area contributed by atoms with Crippen molar-refractivity contribution in [2.24, 2.45) is 5.41 Å². The molecule has 0 aromatic heterocycles. The average molecular weight is 240 g/mol. The van der Waals surface area contributed by atoms with Crippen molar-refractivity contribution in [2.45, 2.75) is 59.4 Å². The van der Waals surface area contributed by atoms with Gasteiger partial charge in [-0.2, -0.15) is 0 Å². The Bertz CT molecular complexity index is 205. The third-order valence-corrected chi connectivity index (χ3v) is 4.44. The zero-order valence-electron chi connectivity index (χ0n) is 12.6. The highest BCUT2D eigenvalue weighted by Crippen LogP contribution is 2.39. The molecule has 0 saturated carbocycles. The summed E-state index contributed by atoms with van der Waals surface area (Å²) in [6.45, 7) is 14.0. The molecule has 0 amide bonds. The maximum Gasteiger partial charge on any atom is 0.00385 e. The van der Waals surface area contributed by atoms with E-state index in [2.05, 4.69) is 30.7 Å². The number of rotatable bonds is 1. The molecule has 0 bridgehead atoms. The predicted molar refractivity (Wildman–Crippen MR) is 76.5 cm³/mol. The van der Waals surface area contributed by atoms with Crippen molar-refractivity contribution in [1.82, 2.24) is 9.80 Å². The van der Waals surface area contributed by atoms with E-state index in [0.29, 0.717) is 5.41 Å². The molecule has 0 aliphatic carbocycles. The summed E-state index contributed by atoms with van der Waals surface area (Å²) in [6, 6.07) is 0.740. The van der Waals surface area contributed by atoms with E-state index in [0.717, 1.165) is 6.04 Å². The first-order valence-corrected chi connectivity index (χ1v) is 7.54. The second-order valence-electron chi connectivity index (χ2n) is 5.97. The lowest BCUT2D eigenvalue weighted by Gasteiger charge is -2.47. The third-order valence-electron chi connectivity index (χ3n) is 4.44. The third kappa shape index (κ3) is 3.96. The van der Waals surface area contributed by atoms with E-state index in [-0.39, 0.29) is 0 Å². The van der Waals surface area contributed by atoms with Crippen molar-refractivity contribution < 1.29 is 0 Å². The summed E-state index contributed by atoms with van der Waals surface area (Å²) < 4.78 is 0. The molecule has 0 radical (unpaired) electrons. The average Bonchev–Trinajstić information content (AvgIpc) is 2.32. The van der Waals surface area contributed by atoms with E-state index < -0.39 is 0 Å². The molecule has 2 aliphatic rings. The fourth-order valence-electron chi connectivity index (χ4n) is 3.38. The van der Waals surface area contributed by atoms with Gasteiger partial charge in [-0.25, -0.2) is 0 Å². The molecule has 2 saturated heterocycles. The van der Waals surface area contributed by atoms with Crippen LogP contribution >= 0.6 is 0 Å². The first-order chi connectivity index (χ1) is 8.11. The minimum Gasteiger partial charge on any atom is -0.306 e. The van der Waals surface area contributed by atoms with Gasteiger partial charge in [0.1, 0.15) is 0 Å². The van der Waals surface area contributed by atoms with Crippen molar-refractivity contribution in [3.05, 3.63) is 0 Å². The summed E-state index contributed by atoms with van der Waals surface area (Å²) in [5, 5.41) is 0. The quantitative estimate of drug-likeness (QED) is 0.694. The maximum atomic E-state index is 2.64. The van der Waals surface area contributed by atoms with Crippen LogP contribution in [-0.2, 0) is 0 Å². The Morgan fingerprint density at radius 2 is 1.53 bits per heavy atom. The molecule has 2 rings (SSSR count). The summed E-state index contributed by atoms with van der Waals surface area (Å²) >= 11 is 0. The molecule has 0 aromatic rings. The van der Waals surface area contributed by atoms with Crippen LogP contribution in [0.5, 0.6) is 0 Å². The minimum absolute atomic E-state index is 0.679. The first-order valence-electron chi connectivity index (χ1n) is 7.54. The lowest BCUT2D eigenvalue weighted by molar-refractivity contribution is 0.0243. The highest BCUT2D eigenvalue weighted by atomic mass is 15.2. The molecular weight excluding hydrogens is 208 g/mol. The Morgan fingerprint density at radius 1 is 0.941 bits per heavy atom. The normalized spacial score (nSPS) is 25.8. The smallest absolute Gasteiger partial charge is 0.00385 e. The second-order valence-corrected chi connectivity index (χ2v) is 5.97. The van der Waals surface area contributed by atoms with E-state index in [1.807, 2.05) is 13.8 Å². The maximum absolute atomic E-state index is 2.64. The zero-order chi connectivity index (χ0) is 12.9. The van der Waals surface area contributed by atoms with Crippen molar-refractivity contribution in [3.63, 3.8) is 0 Å². The van der Waals surface area contributed by atoms with Crippen LogP contribution in [0.15, 0.2) is 0 Å².